The third-order valence-corrected chi connectivity index (χ3v) is 2.93. The van der Waals surface area contributed by atoms with Gasteiger partial charge >= 0.3 is 6.03 Å². The van der Waals surface area contributed by atoms with Crippen LogP contribution in [0, 0.1) is 5.92 Å². The molecular weight excluding hydrogens is 226 g/mol. The van der Waals surface area contributed by atoms with Crippen molar-refractivity contribution in [3.8, 4) is 0 Å². The molecule has 1 aromatic rings. The predicted octanol–water partition coefficient (Wildman–Crippen LogP) is 3.17. The SMILES string of the molecule is CC(C)CC(C)N(C)C(=O)Nc1cccc(N)c1. The first-order valence-electron chi connectivity index (χ1n) is 6.29. The van der Waals surface area contributed by atoms with Crippen LogP contribution >= 0.6 is 0 Å². The maximum absolute atomic E-state index is 12.0. The molecule has 0 aliphatic carbocycles. The van der Waals surface area contributed by atoms with Crippen LogP contribution in [0.15, 0.2) is 24.3 Å². The molecule has 0 saturated heterocycles. The summed E-state index contributed by atoms with van der Waals surface area (Å²) in [4.78, 5) is 13.7. The molecular formula is C14H23N3O. The number of nitrogen functional groups attached to an aromatic ring is 1. The summed E-state index contributed by atoms with van der Waals surface area (Å²) in [6.45, 7) is 6.36. The highest BCUT2D eigenvalue weighted by Gasteiger charge is 2.16. The van der Waals surface area contributed by atoms with Crippen LogP contribution in [0.25, 0.3) is 0 Å². The first kappa shape index (κ1) is 14.4. The molecule has 0 aromatic heterocycles. The van der Waals surface area contributed by atoms with Gasteiger partial charge in [-0.15, -0.1) is 0 Å². The summed E-state index contributed by atoms with van der Waals surface area (Å²) in [6.07, 6.45) is 0.987. The van der Waals surface area contributed by atoms with Crippen LogP contribution in [-0.2, 0) is 0 Å². The van der Waals surface area contributed by atoms with E-state index in [2.05, 4.69) is 26.1 Å². The van der Waals surface area contributed by atoms with Gasteiger partial charge in [0.2, 0.25) is 0 Å². The molecule has 100 valence electrons. The van der Waals surface area contributed by atoms with Gasteiger partial charge < -0.3 is 16.0 Å². The Morgan fingerprint density at radius 3 is 2.61 bits per heavy atom. The molecule has 1 unspecified atom stereocenters. The average Bonchev–Trinajstić information content (AvgIpc) is 2.27. The Morgan fingerprint density at radius 1 is 1.39 bits per heavy atom. The molecule has 0 spiro atoms. The maximum Gasteiger partial charge on any atom is 0.321 e. The molecule has 1 aromatic carbocycles. The normalized spacial score (nSPS) is 12.3. The minimum Gasteiger partial charge on any atom is -0.399 e. The van der Waals surface area contributed by atoms with Crippen LogP contribution in [0.4, 0.5) is 16.2 Å². The van der Waals surface area contributed by atoms with Crippen LogP contribution in [0.3, 0.4) is 0 Å². The van der Waals surface area contributed by atoms with E-state index < -0.39 is 0 Å². The average molecular weight is 249 g/mol. The monoisotopic (exact) mass is 249 g/mol. The Morgan fingerprint density at radius 2 is 2.06 bits per heavy atom. The van der Waals surface area contributed by atoms with Crippen molar-refractivity contribution >= 4 is 17.4 Å². The Balaban J connectivity index is 2.59. The fourth-order valence-electron chi connectivity index (χ4n) is 1.87. The predicted molar refractivity (Wildman–Crippen MR) is 76.6 cm³/mol. The minimum atomic E-state index is -0.103. The number of nitrogens with two attached hydrogens (primary N) is 1. The van der Waals surface area contributed by atoms with Crippen LogP contribution < -0.4 is 11.1 Å². The summed E-state index contributed by atoms with van der Waals surface area (Å²) >= 11 is 0. The van der Waals surface area contributed by atoms with Crippen LogP contribution in [0.1, 0.15) is 27.2 Å². The van der Waals surface area contributed by atoms with Crippen molar-refractivity contribution in [2.75, 3.05) is 18.1 Å². The molecule has 1 rings (SSSR count). The highest BCUT2D eigenvalue weighted by Crippen LogP contribution is 2.14. The van der Waals surface area contributed by atoms with Gasteiger partial charge in [-0.2, -0.15) is 0 Å². The van der Waals surface area contributed by atoms with Crippen molar-refractivity contribution in [2.45, 2.75) is 33.2 Å². The van der Waals surface area contributed by atoms with Crippen molar-refractivity contribution in [3.05, 3.63) is 24.3 Å². The smallest absolute Gasteiger partial charge is 0.321 e. The summed E-state index contributed by atoms with van der Waals surface area (Å²) in [6, 6.07) is 7.30. The Kier molecular flexibility index (Phi) is 5.01. The molecule has 0 aliphatic rings. The zero-order valence-corrected chi connectivity index (χ0v) is 11.6. The number of urea groups is 1. The summed E-state index contributed by atoms with van der Waals surface area (Å²) in [5, 5.41) is 2.84. The molecule has 4 nitrogen and oxygen atoms in total. The number of carbonyl (C=O) groups is 1. The third-order valence-electron chi connectivity index (χ3n) is 2.93. The van der Waals surface area contributed by atoms with E-state index in [0.717, 1.165) is 12.1 Å². The lowest BCUT2D eigenvalue weighted by Gasteiger charge is -2.26. The lowest BCUT2D eigenvalue weighted by atomic mass is 10.0. The van der Waals surface area contributed by atoms with Crippen molar-refractivity contribution < 1.29 is 4.79 Å². The summed E-state index contributed by atoms with van der Waals surface area (Å²) in [5.41, 5.74) is 7.04. The molecule has 2 amide bonds. The molecule has 0 bridgehead atoms. The number of nitrogens with one attached hydrogen (secondary N) is 1. The topological polar surface area (TPSA) is 58.4 Å². The molecule has 0 fully saturated rings. The first-order chi connectivity index (χ1) is 8.40. The zero-order chi connectivity index (χ0) is 13.7. The number of amides is 2. The number of hydrogen-bond acceptors (Lipinski definition) is 2. The number of rotatable bonds is 4. The Labute approximate surface area is 109 Å². The van der Waals surface area contributed by atoms with Gasteiger partial charge in [0, 0.05) is 24.5 Å². The second kappa shape index (κ2) is 6.28. The number of hydrogen-bond donors (Lipinski definition) is 2. The molecule has 18 heavy (non-hydrogen) atoms. The Bertz CT molecular complexity index is 404. The van der Waals surface area contributed by atoms with Gasteiger partial charge in [0.1, 0.15) is 0 Å². The number of benzene rings is 1. The van der Waals surface area contributed by atoms with Gasteiger partial charge in [0.05, 0.1) is 0 Å². The van der Waals surface area contributed by atoms with E-state index >= 15 is 0 Å². The lowest BCUT2D eigenvalue weighted by molar-refractivity contribution is 0.200. The number of nitrogens with zero attached hydrogens (tertiary/aromatic N) is 1. The van der Waals surface area contributed by atoms with Gasteiger partial charge in [0.15, 0.2) is 0 Å². The number of carbonyl (C=O) groups excluding carboxylic acids is 1. The third kappa shape index (κ3) is 4.28. The van der Waals surface area contributed by atoms with Gasteiger partial charge in [0.25, 0.3) is 0 Å². The minimum absolute atomic E-state index is 0.103. The first-order valence-corrected chi connectivity index (χ1v) is 6.29. The van der Waals surface area contributed by atoms with E-state index in [-0.39, 0.29) is 12.1 Å². The van der Waals surface area contributed by atoms with Crippen molar-refractivity contribution in [2.24, 2.45) is 5.92 Å². The van der Waals surface area contributed by atoms with Crippen molar-refractivity contribution in [3.63, 3.8) is 0 Å². The van der Waals surface area contributed by atoms with Crippen LogP contribution in [0.2, 0.25) is 0 Å². The summed E-state index contributed by atoms with van der Waals surface area (Å²) in [5.74, 6) is 0.572. The van der Waals surface area contributed by atoms with E-state index in [4.69, 9.17) is 5.73 Å². The maximum atomic E-state index is 12.0. The zero-order valence-electron chi connectivity index (χ0n) is 11.6. The molecule has 3 N–H and O–H groups in total. The highest BCUT2D eigenvalue weighted by atomic mass is 16.2. The van der Waals surface area contributed by atoms with Crippen LogP contribution in [0.5, 0.6) is 0 Å². The molecule has 0 radical (unpaired) electrons. The second-order valence-electron chi connectivity index (χ2n) is 5.15. The molecule has 1 atom stereocenters. The van der Waals surface area contributed by atoms with Gasteiger partial charge in [-0.3, -0.25) is 0 Å². The van der Waals surface area contributed by atoms with Gasteiger partial charge in [-0.05, 0) is 37.5 Å². The fraction of sp³-hybridized carbons (Fsp3) is 0.500. The fourth-order valence-corrected chi connectivity index (χ4v) is 1.87. The standard InChI is InChI=1S/C14H23N3O/c1-10(2)8-11(3)17(4)14(18)16-13-7-5-6-12(15)9-13/h5-7,9-11H,8,15H2,1-4H3,(H,16,18). The van der Waals surface area contributed by atoms with E-state index in [1.54, 1.807) is 17.0 Å². The van der Waals surface area contributed by atoms with Crippen molar-refractivity contribution in [1.29, 1.82) is 0 Å². The largest absolute Gasteiger partial charge is 0.399 e. The van der Waals surface area contributed by atoms with E-state index in [1.807, 2.05) is 19.2 Å². The van der Waals surface area contributed by atoms with Gasteiger partial charge in [-0.1, -0.05) is 19.9 Å². The molecule has 4 heteroatoms. The summed E-state index contributed by atoms with van der Waals surface area (Å²) < 4.78 is 0. The van der Waals surface area contributed by atoms with Crippen molar-refractivity contribution in [1.82, 2.24) is 4.90 Å². The molecule has 0 aliphatic heterocycles. The Hall–Kier alpha value is -1.71. The second-order valence-corrected chi connectivity index (χ2v) is 5.15. The van der Waals surface area contributed by atoms with E-state index in [9.17, 15) is 4.79 Å². The molecule has 0 heterocycles. The number of anilines is 2. The lowest BCUT2D eigenvalue weighted by Crippen LogP contribution is -2.38. The van der Waals surface area contributed by atoms with E-state index in [0.29, 0.717) is 11.6 Å². The quantitative estimate of drug-likeness (QED) is 0.805. The summed E-state index contributed by atoms with van der Waals surface area (Å²) in [7, 11) is 1.81. The van der Waals surface area contributed by atoms with Crippen LogP contribution in [-0.4, -0.2) is 24.0 Å². The van der Waals surface area contributed by atoms with E-state index in [1.165, 1.54) is 0 Å². The molecule has 0 saturated carbocycles. The van der Waals surface area contributed by atoms with Gasteiger partial charge in [-0.25, -0.2) is 4.79 Å². The highest BCUT2D eigenvalue weighted by molar-refractivity contribution is 5.89.